The third-order valence-electron chi connectivity index (χ3n) is 8.54. The molecule has 1 aliphatic carbocycles. The number of halogens is 2. The van der Waals surface area contributed by atoms with Crippen molar-refractivity contribution in [2.45, 2.75) is 76.4 Å². The highest BCUT2D eigenvalue weighted by atomic mass is 35.5. The van der Waals surface area contributed by atoms with Crippen molar-refractivity contribution in [1.82, 2.24) is 20.9 Å². The number of carboxylic acids is 1. The van der Waals surface area contributed by atoms with E-state index in [4.69, 9.17) is 23.2 Å². The van der Waals surface area contributed by atoms with E-state index in [1.165, 1.54) is 43.9 Å². The smallest absolute Gasteiger partial charge is 0.326 e. The van der Waals surface area contributed by atoms with Crippen LogP contribution in [0.5, 0.6) is 0 Å². The van der Waals surface area contributed by atoms with Crippen LogP contribution in [-0.4, -0.2) is 64.8 Å². The first-order chi connectivity index (χ1) is 21.0. The van der Waals surface area contributed by atoms with Crippen molar-refractivity contribution in [3.63, 3.8) is 0 Å². The van der Waals surface area contributed by atoms with Crippen LogP contribution in [0.25, 0.3) is 0 Å². The van der Waals surface area contributed by atoms with Crippen LogP contribution in [0.4, 0.5) is 0 Å². The third-order valence-corrected chi connectivity index (χ3v) is 8.98. The summed E-state index contributed by atoms with van der Waals surface area (Å²) < 4.78 is 0. The van der Waals surface area contributed by atoms with E-state index < -0.39 is 42.2 Å². The Morgan fingerprint density at radius 1 is 0.841 bits per heavy atom. The van der Waals surface area contributed by atoms with E-state index in [1.807, 2.05) is 30.3 Å². The van der Waals surface area contributed by atoms with E-state index in [2.05, 4.69) is 16.0 Å². The van der Waals surface area contributed by atoms with Gasteiger partial charge in [-0.3, -0.25) is 19.2 Å². The Bertz CT molecular complexity index is 1340. The molecule has 10 nitrogen and oxygen atoms in total. The Kier molecular flexibility index (Phi) is 11.6. The molecule has 0 radical (unpaired) electrons. The van der Waals surface area contributed by atoms with E-state index in [1.54, 1.807) is 4.90 Å². The Morgan fingerprint density at radius 2 is 1.48 bits per heavy atom. The number of nitrogens with zero attached hydrogens (tertiary/aromatic N) is 1. The summed E-state index contributed by atoms with van der Waals surface area (Å²) in [7, 11) is 0. The topological polar surface area (TPSA) is 145 Å². The molecule has 4 amide bonds. The van der Waals surface area contributed by atoms with Crippen LogP contribution in [-0.2, 0) is 25.7 Å². The van der Waals surface area contributed by atoms with Gasteiger partial charge in [0.15, 0.2) is 0 Å². The molecule has 1 spiro atoms. The lowest BCUT2D eigenvalue weighted by molar-refractivity contribution is -0.143. The molecule has 0 aromatic heterocycles. The fourth-order valence-corrected chi connectivity index (χ4v) is 6.55. The fourth-order valence-electron chi connectivity index (χ4n) is 6.03. The molecule has 2 atom stereocenters. The summed E-state index contributed by atoms with van der Waals surface area (Å²) in [6, 6.07) is 11.0. The van der Waals surface area contributed by atoms with Crippen molar-refractivity contribution in [3.05, 3.63) is 69.7 Å². The summed E-state index contributed by atoms with van der Waals surface area (Å²) in [6.07, 6.45) is 5.76. The zero-order valence-electron chi connectivity index (χ0n) is 24.5. The van der Waals surface area contributed by atoms with Crippen molar-refractivity contribution >= 4 is 52.8 Å². The monoisotopic (exact) mass is 644 g/mol. The van der Waals surface area contributed by atoms with E-state index >= 15 is 0 Å². The molecule has 4 N–H and O–H groups in total. The number of rotatable bonds is 12. The predicted octanol–water partition coefficient (Wildman–Crippen LogP) is 4.33. The van der Waals surface area contributed by atoms with Crippen LogP contribution in [0.1, 0.15) is 73.7 Å². The molecule has 2 aromatic rings. The van der Waals surface area contributed by atoms with Gasteiger partial charge in [0, 0.05) is 41.7 Å². The molecule has 2 aromatic carbocycles. The summed E-state index contributed by atoms with van der Waals surface area (Å²) in [5.74, 6) is -3.43. The predicted molar refractivity (Wildman–Crippen MR) is 166 cm³/mol. The quantitative estimate of drug-likeness (QED) is 0.271. The number of hydrogen-bond donors (Lipinski definition) is 4. The molecular formula is C32H38Cl2N4O6. The van der Waals surface area contributed by atoms with Gasteiger partial charge in [-0.1, -0.05) is 66.4 Å². The molecule has 4 rings (SSSR count). The van der Waals surface area contributed by atoms with Gasteiger partial charge in [-0.2, -0.15) is 0 Å². The van der Waals surface area contributed by atoms with E-state index in [-0.39, 0.29) is 46.3 Å². The summed E-state index contributed by atoms with van der Waals surface area (Å²) in [5, 5.41) is 17.9. The van der Waals surface area contributed by atoms with Gasteiger partial charge >= 0.3 is 5.97 Å². The number of amides is 4. The Morgan fingerprint density at radius 3 is 2.09 bits per heavy atom. The maximum atomic E-state index is 13.7. The number of likely N-dealkylation sites (tertiary alicyclic amines) is 1. The number of hydrogen-bond acceptors (Lipinski definition) is 5. The number of aliphatic carboxylic acids is 1. The van der Waals surface area contributed by atoms with Crippen molar-refractivity contribution < 1.29 is 29.1 Å². The Hall–Kier alpha value is -3.63. The van der Waals surface area contributed by atoms with Gasteiger partial charge in [0.2, 0.25) is 17.7 Å². The van der Waals surface area contributed by atoms with E-state index in [0.717, 1.165) is 18.4 Å². The summed E-state index contributed by atoms with van der Waals surface area (Å²) in [5.41, 5.74) is 1.30. The second kappa shape index (κ2) is 15.4. The number of benzene rings is 2. The Labute approximate surface area is 266 Å². The van der Waals surface area contributed by atoms with Crippen LogP contribution in [0, 0.1) is 5.41 Å². The van der Waals surface area contributed by atoms with Crippen LogP contribution in [0.2, 0.25) is 10.0 Å². The largest absolute Gasteiger partial charge is 0.480 e. The molecule has 44 heavy (non-hydrogen) atoms. The molecule has 0 bridgehead atoms. The van der Waals surface area contributed by atoms with E-state index in [0.29, 0.717) is 13.1 Å². The highest BCUT2D eigenvalue weighted by Gasteiger charge is 2.39. The molecule has 1 saturated carbocycles. The highest BCUT2D eigenvalue weighted by molar-refractivity contribution is 6.35. The average molecular weight is 646 g/mol. The fraction of sp³-hybridized carbons (Fsp3) is 0.469. The molecule has 1 aliphatic heterocycles. The second-order valence-corrected chi connectivity index (χ2v) is 12.6. The van der Waals surface area contributed by atoms with Crippen molar-refractivity contribution in [2.24, 2.45) is 5.41 Å². The molecule has 2 unspecified atom stereocenters. The summed E-state index contributed by atoms with van der Waals surface area (Å²) in [4.78, 5) is 65.6. The van der Waals surface area contributed by atoms with Crippen LogP contribution < -0.4 is 16.0 Å². The highest BCUT2D eigenvalue weighted by Crippen LogP contribution is 2.46. The van der Waals surface area contributed by atoms with E-state index in [9.17, 15) is 29.1 Å². The van der Waals surface area contributed by atoms with Gasteiger partial charge in [-0.25, -0.2) is 4.79 Å². The zero-order valence-corrected chi connectivity index (χ0v) is 26.0. The third kappa shape index (κ3) is 9.43. The first kappa shape index (κ1) is 33.3. The maximum absolute atomic E-state index is 13.7. The number of carbonyl (C=O) groups excluding carboxylic acids is 4. The lowest BCUT2D eigenvalue weighted by atomic mass is 9.77. The molecule has 1 saturated heterocycles. The average Bonchev–Trinajstić information content (AvgIpc) is 3.45. The standard InChI is InChI=1S/C32H38Cl2N4O6/c33-23-16-22(17-24(34)18-23)29(41)37-25(30(42)38-14-12-32(13-15-38)10-4-5-11-32)8-9-27(39)36-26(31(43)44)19-28(40)35-20-21-6-2-1-3-7-21/h1-3,6-7,16-18,25-26H,4-5,8-15,19-20H2,(H,35,40)(H,36,39)(H,37,41)(H,43,44). The van der Waals surface area contributed by atoms with Crippen LogP contribution in [0.15, 0.2) is 48.5 Å². The van der Waals surface area contributed by atoms with Gasteiger partial charge in [-0.05, 0) is 61.3 Å². The first-order valence-electron chi connectivity index (χ1n) is 14.9. The lowest BCUT2D eigenvalue weighted by Gasteiger charge is -2.40. The molecule has 1 heterocycles. The normalized spacial score (nSPS) is 17.0. The second-order valence-electron chi connectivity index (χ2n) is 11.7. The molecule has 12 heteroatoms. The van der Waals surface area contributed by atoms with Gasteiger partial charge in [0.05, 0.1) is 6.42 Å². The van der Waals surface area contributed by atoms with Gasteiger partial charge in [0.1, 0.15) is 12.1 Å². The lowest BCUT2D eigenvalue weighted by Crippen LogP contribution is -2.52. The number of carbonyl (C=O) groups is 5. The number of carboxylic acid groups (broad SMARTS) is 1. The van der Waals surface area contributed by atoms with Crippen molar-refractivity contribution in [3.8, 4) is 0 Å². The molecule has 236 valence electrons. The summed E-state index contributed by atoms with van der Waals surface area (Å²) >= 11 is 12.1. The van der Waals surface area contributed by atoms with Crippen molar-refractivity contribution in [1.29, 1.82) is 0 Å². The minimum atomic E-state index is -1.46. The number of nitrogens with one attached hydrogen (secondary N) is 3. The minimum absolute atomic E-state index is 0.0705. The van der Waals surface area contributed by atoms with Crippen LogP contribution in [0.3, 0.4) is 0 Å². The molecular weight excluding hydrogens is 607 g/mol. The maximum Gasteiger partial charge on any atom is 0.326 e. The first-order valence-corrected chi connectivity index (χ1v) is 15.7. The Balaban J connectivity index is 1.37. The van der Waals surface area contributed by atoms with Gasteiger partial charge in [0.25, 0.3) is 5.91 Å². The molecule has 2 aliphatic rings. The van der Waals surface area contributed by atoms with Gasteiger partial charge in [-0.15, -0.1) is 0 Å². The van der Waals surface area contributed by atoms with Crippen LogP contribution >= 0.6 is 23.2 Å². The van der Waals surface area contributed by atoms with Gasteiger partial charge < -0.3 is 26.0 Å². The minimum Gasteiger partial charge on any atom is -0.480 e. The molecule has 2 fully saturated rings. The SMILES string of the molecule is O=C(CC(NC(=O)CCC(NC(=O)c1cc(Cl)cc(Cl)c1)C(=O)N1CCC2(CCCC2)CC1)C(=O)O)NCc1ccccc1. The zero-order chi connectivity index (χ0) is 31.7. The number of piperidine rings is 1. The van der Waals surface area contributed by atoms with Crippen molar-refractivity contribution in [2.75, 3.05) is 13.1 Å². The summed E-state index contributed by atoms with van der Waals surface area (Å²) in [6.45, 7) is 1.36.